The standard InChI is InChI=1S/C9H17N3O/c1-4-5-8-11-12-9(13-8)6-10-7(2)3/h7,10H,4-6H2,1-3H3. The van der Waals surface area contributed by atoms with E-state index in [9.17, 15) is 0 Å². The Bertz CT molecular complexity index is 245. The fourth-order valence-electron chi connectivity index (χ4n) is 0.966. The van der Waals surface area contributed by atoms with E-state index in [1.165, 1.54) is 0 Å². The quantitative estimate of drug-likeness (QED) is 0.752. The third kappa shape index (κ3) is 3.55. The molecule has 0 atom stereocenters. The molecule has 4 heteroatoms. The molecule has 0 radical (unpaired) electrons. The Hall–Kier alpha value is -0.900. The van der Waals surface area contributed by atoms with Gasteiger partial charge in [0.15, 0.2) is 0 Å². The van der Waals surface area contributed by atoms with Crippen molar-refractivity contribution in [3.05, 3.63) is 11.8 Å². The summed E-state index contributed by atoms with van der Waals surface area (Å²) >= 11 is 0. The largest absolute Gasteiger partial charge is 0.424 e. The van der Waals surface area contributed by atoms with Gasteiger partial charge < -0.3 is 9.73 Å². The summed E-state index contributed by atoms with van der Waals surface area (Å²) in [5.41, 5.74) is 0. The molecule has 1 N–H and O–H groups in total. The molecular weight excluding hydrogens is 166 g/mol. The first-order valence-electron chi connectivity index (χ1n) is 4.77. The third-order valence-electron chi connectivity index (χ3n) is 1.63. The van der Waals surface area contributed by atoms with Gasteiger partial charge in [0.1, 0.15) is 0 Å². The van der Waals surface area contributed by atoms with Gasteiger partial charge in [-0.15, -0.1) is 10.2 Å². The maximum atomic E-state index is 5.39. The van der Waals surface area contributed by atoms with Crippen LogP contribution in [-0.4, -0.2) is 16.2 Å². The number of hydrogen-bond acceptors (Lipinski definition) is 4. The molecule has 0 aliphatic carbocycles. The number of nitrogens with one attached hydrogen (secondary N) is 1. The van der Waals surface area contributed by atoms with E-state index < -0.39 is 0 Å². The Morgan fingerprint density at radius 1 is 1.31 bits per heavy atom. The second-order valence-corrected chi connectivity index (χ2v) is 3.38. The molecule has 0 aliphatic rings. The number of rotatable bonds is 5. The Labute approximate surface area is 78.7 Å². The van der Waals surface area contributed by atoms with Crippen molar-refractivity contribution in [1.29, 1.82) is 0 Å². The Balaban J connectivity index is 2.39. The maximum absolute atomic E-state index is 5.39. The van der Waals surface area contributed by atoms with Crippen LogP contribution in [0.2, 0.25) is 0 Å². The number of aryl methyl sites for hydroxylation is 1. The van der Waals surface area contributed by atoms with Crippen LogP contribution in [0.15, 0.2) is 4.42 Å². The molecule has 1 aromatic rings. The topological polar surface area (TPSA) is 51.0 Å². The molecule has 1 aromatic heterocycles. The SMILES string of the molecule is CCCc1nnc(CNC(C)C)o1. The van der Waals surface area contributed by atoms with Crippen molar-refractivity contribution in [2.75, 3.05) is 0 Å². The highest BCUT2D eigenvalue weighted by Gasteiger charge is 2.04. The molecule has 0 saturated heterocycles. The zero-order valence-corrected chi connectivity index (χ0v) is 8.50. The van der Waals surface area contributed by atoms with E-state index in [0.29, 0.717) is 18.5 Å². The lowest BCUT2D eigenvalue weighted by Crippen LogP contribution is -2.21. The highest BCUT2D eigenvalue weighted by molar-refractivity contribution is 4.81. The smallest absolute Gasteiger partial charge is 0.230 e. The number of aromatic nitrogens is 2. The van der Waals surface area contributed by atoms with E-state index in [2.05, 4.69) is 36.3 Å². The minimum atomic E-state index is 0.446. The van der Waals surface area contributed by atoms with Crippen molar-refractivity contribution in [2.24, 2.45) is 0 Å². The summed E-state index contributed by atoms with van der Waals surface area (Å²) in [6.45, 7) is 6.93. The van der Waals surface area contributed by atoms with Crippen LogP contribution in [-0.2, 0) is 13.0 Å². The van der Waals surface area contributed by atoms with Crippen LogP contribution in [0.25, 0.3) is 0 Å². The van der Waals surface area contributed by atoms with Gasteiger partial charge in [0.2, 0.25) is 11.8 Å². The van der Waals surface area contributed by atoms with Crippen LogP contribution in [0.1, 0.15) is 39.0 Å². The summed E-state index contributed by atoms with van der Waals surface area (Å²) in [7, 11) is 0. The molecular formula is C9H17N3O. The van der Waals surface area contributed by atoms with Gasteiger partial charge in [-0.3, -0.25) is 0 Å². The van der Waals surface area contributed by atoms with E-state index in [0.717, 1.165) is 18.7 Å². The van der Waals surface area contributed by atoms with Crippen LogP contribution in [0.4, 0.5) is 0 Å². The Morgan fingerprint density at radius 3 is 2.62 bits per heavy atom. The van der Waals surface area contributed by atoms with Crippen LogP contribution < -0.4 is 5.32 Å². The van der Waals surface area contributed by atoms with Gasteiger partial charge in [0.25, 0.3) is 0 Å². The lowest BCUT2D eigenvalue weighted by atomic mass is 10.3. The molecule has 0 aliphatic heterocycles. The van der Waals surface area contributed by atoms with Crippen molar-refractivity contribution < 1.29 is 4.42 Å². The highest BCUT2D eigenvalue weighted by atomic mass is 16.4. The lowest BCUT2D eigenvalue weighted by Gasteiger charge is -2.03. The maximum Gasteiger partial charge on any atom is 0.230 e. The van der Waals surface area contributed by atoms with E-state index >= 15 is 0 Å². The molecule has 0 fully saturated rings. The summed E-state index contributed by atoms with van der Waals surface area (Å²) in [5, 5.41) is 11.1. The van der Waals surface area contributed by atoms with Crippen LogP contribution in [0, 0.1) is 0 Å². The minimum Gasteiger partial charge on any atom is -0.424 e. The molecule has 1 rings (SSSR count). The zero-order chi connectivity index (χ0) is 9.68. The van der Waals surface area contributed by atoms with Gasteiger partial charge in [-0.1, -0.05) is 20.8 Å². The molecule has 74 valence electrons. The van der Waals surface area contributed by atoms with E-state index in [-0.39, 0.29) is 0 Å². The summed E-state index contributed by atoms with van der Waals surface area (Å²) in [6.07, 6.45) is 1.91. The molecule has 1 heterocycles. The average molecular weight is 183 g/mol. The Morgan fingerprint density at radius 2 is 2.00 bits per heavy atom. The van der Waals surface area contributed by atoms with Gasteiger partial charge in [0, 0.05) is 12.5 Å². The van der Waals surface area contributed by atoms with Crippen molar-refractivity contribution in [1.82, 2.24) is 15.5 Å². The molecule has 0 unspecified atom stereocenters. The highest BCUT2D eigenvalue weighted by Crippen LogP contribution is 2.02. The summed E-state index contributed by atoms with van der Waals surface area (Å²) in [6, 6.07) is 0.446. The monoisotopic (exact) mass is 183 g/mol. The molecule has 13 heavy (non-hydrogen) atoms. The molecule has 0 amide bonds. The average Bonchev–Trinajstić information content (AvgIpc) is 2.50. The summed E-state index contributed by atoms with van der Waals surface area (Å²) in [4.78, 5) is 0. The van der Waals surface area contributed by atoms with E-state index in [4.69, 9.17) is 4.42 Å². The second-order valence-electron chi connectivity index (χ2n) is 3.38. The first kappa shape index (κ1) is 10.2. The normalized spacial score (nSPS) is 11.1. The van der Waals surface area contributed by atoms with Gasteiger partial charge in [-0.05, 0) is 6.42 Å². The molecule has 0 aromatic carbocycles. The fourth-order valence-corrected chi connectivity index (χ4v) is 0.966. The molecule has 0 saturated carbocycles. The van der Waals surface area contributed by atoms with Gasteiger partial charge in [0.05, 0.1) is 6.54 Å². The molecule has 4 nitrogen and oxygen atoms in total. The predicted molar refractivity (Wildman–Crippen MR) is 50.3 cm³/mol. The van der Waals surface area contributed by atoms with E-state index in [1.54, 1.807) is 0 Å². The minimum absolute atomic E-state index is 0.446. The number of nitrogens with zero attached hydrogens (tertiary/aromatic N) is 2. The van der Waals surface area contributed by atoms with Gasteiger partial charge in [-0.2, -0.15) is 0 Å². The second kappa shape index (κ2) is 4.97. The zero-order valence-electron chi connectivity index (χ0n) is 8.50. The van der Waals surface area contributed by atoms with E-state index in [1.807, 2.05) is 0 Å². The first-order valence-corrected chi connectivity index (χ1v) is 4.77. The molecule has 0 spiro atoms. The first-order chi connectivity index (χ1) is 6.22. The summed E-state index contributed by atoms with van der Waals surface area (Å²) < 4.78 is 5.39. The Kier molecular flexibility index (Phi) is 3.89. The van der Waals surface area contributed by atoms with Gasteiger partial charge >= 0.3 is 0 Å². The fraction of sp³-hybridized carbons (Fsp3) is 0.778. The lowest BCUT2D eigenvalue weighted by molar-refractivity contribution is 0.420. The van der Waals surface area contributed by atoms with Crippen LogP contribution in [0.5, 0.6) is 0 Å². The number of hydrogen-bond donors (Lipinski definition) is 1. The van der Waals surface area contributed by atoms with Crippen LogP contribution >= 0.6 is 0 Å². The van der Waals surface area contributed by atoms with Crippen molar-refractivity contribution >= 4 is 0 Å². The van der Waals surface area contributed by atoms with Crippen LogP contribution in [0.3, 0.4) is 0 Å². The predicted octanol–water partition coefficient (Wildman–Crippen LogP) is 1.52. The van der Waals surface area contributed by atoms with Crippen molar-refractivity contribution in [2.45, 2.75) is 46.2 Å². The molecule has 0 bridgehead atoms. The van der Waals surface area contributed by atoms with Crippen molar-refractivity contribution in [3.63, 3.8) is 0 Å². The van der Waals surface area contributed by atoms with Gasteiger partial charge in [-0.25, -0.2) is 0 Å². The third-order valence-corrected chi connectivity index (χ3v) is 1.63. The summed E-state index contributed by atoms with van der Waals surface area (Å²) in [5.74, 6) is 1.42. The van der Waals surface area contributed by atoms with Crippen molar-refractivity contribution in [3.8, 4) is 0 Å².